The first-order valence-corrected chi connectivity index (χ1v) is 3.80. The summed E-state index contributed by atoms with van der Waals surface area (Å²) in [7, 11) is 5.63. The third-order valence-electron chi connectivity index (χ3n) is 1.63. The van der Waals surface area contributed by atoms with Gasteiger partial charge >= 0.3 is 0 Å². The zero-order valence-electron chi connectivity index (χ0n) is 6.27. The molecule has 1 heterocycles. The van der Waals surface area contributed by atoms with E-state index in [4.69, 9.17) is 7.98 Å². The minimum atomic E-state index is 0.946. The molecule has 4 heteroatoms. The predicted molar refractivity (Wildman–Crippen MR) is 43.1 cm³/mol. The first-order valence-electron chi connectivity index (χ1n) is 3.80. The topological polar surface area (TPSA) is 27.3 Å². The first-order chi connectivity index (χ1) is 4.89. The van der Waals surface area contributed by atoms with Gasteiger partial charge in [0.15, 0.2) is 7.98 Å². The van der Waals surface area contributed by atoms with Gasteiger partial charge in [0.05, 0.1) is 0 Å². The average molecular weight is 139 g/mol. The molecule has 0 bridgehead atoms. The van der Waals surface area contributed by atoms with Gasteiger partial charge in [-0.25, -0.2) is 0 Å². The Labute approximate surface area is 63.6 Å². The molecule has 2 radical (unpaired) electrons. The first kappa shape index (κ1) is 8.05. The lowest BCUT2D eigenvalue weighted by atomic mass is 10.3. The van der Waals surface area contributed by atoms with E-state index in [0.29, 0.717) is 0 Å². The maximum atomic E-state index is 5.63. The third kappa shape index (κ3) is 3.20. The molecule has 0 aromatic carbocycles. The van der Waals surface area contributed by atoms with Crippen LogP contribution in [0.4, 0.5) is 0 Å². The van der Waals surface area contributed by atoms with Gasteiger partial charge in [-0.3, -0.25) is 0 Å². The quantitative estimate of drug-likeness (QED) is 0.402. The molecule has 1 aliphatic rings. The van der Waals surface area contributed by atoms with Crippen molar-refractivity contribution in [1.29, 1.82) is 0 Å². The predicted octanol–water partition coefficient (Wildman–Crippen LogP) is -1.44. The number of nitrogens with one attached hydrogen (secondary N) is 2. The molecular formula is C6H14BN3. The van der Waals surface area contributed by atoms with Crippen molar-refractivity contribution in [2.45, 2.75) is 0 Å². The molecule has 1 rings (SSSR count). The summed E-state index contributed by atoms with van der Waals surface area (Å²) in [5.41, 5.74) is 0. The number of hydrogen-bond acceptors (Lipinski definition) is 3. The van der Waals surface area contributed by atoms with Crippen LogP contribution >= 0.6 is 0 Å². The Balaban J connectivity index is 2.15. The van der Waals surface area contributed by atoms with Gasteiger partial charge in [0.25, 0.3) is 0 Å². The summed E-state index contributed by atoms with van der Waals surface area (Å²) < 4.78 is 0. The van der Waals surface area contributed by atoms with Crippen LogP contribution in [0.25, 0.3) is 0 Å². The van der Waals surface area contributed by atoms with Gasteiger partial charge in [-0.1, -0.05) is 0 Å². The van der Waals surface area contributed by atoms with Crippen LogP contribution in [0.2, 0.25) is 0 Å². The van der Waals surface area contributed by atoms with E-state index in [1.165, 1.54) is 0 Å². The van der Waals surface area contributed by atoms with E-state index in [1.54, 1.807) is 0 Å². The second-order valence-electron chi connectivity index (χ2n) is 2.54. The highest BCUT2D eigenvalue weighted by Gasteiger charge is 1.98. The minimum Gasteiger partial charge on any atom is -0.351 e. The zero-order chi connectivity index (χ0) is 7.23. The summed E-state index contributed by atoms with van der Waals surface area (Å²) in [6.07, 6.45) is 0. The molecule has 0 aromatic heterocycles. The fourth-order valence-corrected chi connectivity index (χ4v) is 0.984. The van der Waals surface area contributed by atoms with Crippen molar-refractivity contribution in [3.63, 3.8) is 0 Å². The molecule has 56 valence electrons. The fraction of sp³-hybridized carbons (Fsp3) is 1.00. The molecule has 0 amide bonds. The van der Waals surface area contributed by atoms with Gasteiger partial charge in [0, 0.05) is 26.2 Å². The molecule has 0 atom stereocenters. The molecule has 2 N–H and O–H groups in total. The number of rotatable bonds is 0. The summed E-state index contributed by atoms with van der Waals surface area (Å²) in [5, 5.41) is 6.55. The Kier molecular flexibility index (Phi) is 3.79. The maximum absolute atomic E-state index is 5.63. The molecule has 0 saturated carbocycles. The van der Waals surface area contributed by atoms with E-state index in [1.807, 2.05) is 4.81 Å². The van der Waals surface area contributed by atoms with Crippen LogP contribution in [0.1, 0.15) is 0 Å². The van der Waals surface area contributed by atoms with E-state index in [9.17, 15) is 0 Å². The average Bonchev–Trinajstić information content (AvgIpc) is 2.02. The second-order valence-corrected chi connectivity index (χ2v) is 2.54. The summed E-state index contributed by atoms with van der Waals surface area (Å²) in [6, 6.07) is 0. The highest BCUT2D eigenvalue weighted by molar-refractivity contribution is 6.04. The Hall–Kier alpha value is -0.0551. The fourth-order valence-electron chi connectivity index (χ4n) is 0.984. The maximum Gasteiger partial charge on any atom is 0.182 e. The largest absolute Gasteiger partial charge is 0.351 e. The van der Waals surface area contributed by atoms with E-state index >= 15 is 0 Å². The Morgan fingerprint density at radius 1 is 0.900 bits per heavy atom. The van der Waals surface area contributed by atoms with Crippen LogP contribution in [0, 0.1) is 0 Å². The minimum absolute atomic E-state index is 0.946. The van der Waals surface area contributed by atoms with Gasteiger partial charge in [-0.05, 0) is 13.1 Å². The normalized spacial score (nSPS) is 24.8. The van der Waals surface area contributed by atoms with Gasteiger partial charge < -0.3 is 15.4 Å². The molecule has 0 unspecified atom stereocenters. The summed E-state index contributed by atoms with van der Waals surface area (Å²) in [6.45, 7) is 5.99. The molecule has 0 spiro atoms. The van der Waals surface area contributed by atoms with Crippen molar-refractivity contribution in [2.75, 3.05) is 39.3 Å². The van der Waals surface area contributed by atoms with E-state index in [-0.39, 0.29) is 0 Å². The van der Waals surface area contributed by atoms with E-state index in [2.05, 4.69) is 10.6 Å². The van der Waals surface area contributed by atoms with Crippen molar-refractivity contribution >= 4 is 7.98 Å². The van der Waals surface area contributed by atoms with Crippen molar-refractivity contribution in [3.8, 4) is 0 Å². The van der Waals surface area contributed by atoms with Crippen LogP contribution in [-0.4, -0.2) is 52.1 Å². The van der Waals surface area contributed by atoms with Gasteiger partial charge in [-0.2, -0.15) is 0 Å². The number of nitrogens with zero attached hydrogens (tertiary/aromatic N) is 1. The second kappa shape index (κ2) is 4.71. The molecule has 10 heavy (non-hydrogen) atoms. The Bertz CT molecular complexity index is 79.1. The van der Waals surface area contributed by atoms with Crippen molar-refractivity contribution < 1.29 is 0 Å². The Morgan fingerprint density at radius 2 is 1.40 bits per heavy atom. The Morgan fingerprint density at radius 3 is 1.90 bits per heavy atom. The van der Waals surface area contributed by atoms with Crippen LogP contribution in [0.3, 0.4) is 0 Å². The highest BCUT2D eigenvalue weighted by Crippen LogP contribution is 1.79. The summed E-state index contributed by atoms with van der Waals surface area (Å²) in [4.78, 5) is 1.84. The van der Waals surface area contributed by atoms with E-state index in [0.717, 1.165) is 39.3 Å². The van der Waals surface area contributed by atoms with Crippen LogP contribution < -0.4 is 10.6 Å². The van der Waals surface area contributed by atoms with Crippen LogP contribution in [0.15, 0.2) is 0 Å². The standard InChI is InChI=1S/C6H14BN3/c7-10-5-3-8-1-2-9-4-6-10/h8-9H,1-6H2. The van der Waals surface area contributed by atoms with Gasteiger partial charge in [0.2, 0.25) is 0 Å². The molecule has 1 fully saturated rings. The summed E-state index contributed by atoms with van der Waals surface area (Å²) >= 11 is 0. The highest BCUT2D eigenvalue weighted by atomic mass is 15.1. The van der Waals surface area contributed by atoms with Gasteiger partial charge in [-0.15, -0.1) is 0 Å². The van der Waals surface area contributed by atoms with Crippen molar-refractivity contribution in [3.05, 3.63) is 0 Å². The lowest BCUT2D eigenvalue weighted by Gasteiger charge is -2.14. The van der Waals surface area contributed by atoms with Gasteiger partial charge in [0.1, 0.15) is 0 Å². The third-order valence-corrected chi connectivity index (χ3v) is 1.63. The monoisotopic (exact) mass is 139 g/mol. The molecule has 0 aromatic rings. The lowest BCUT2D eigenvalue weighted by Crippen LogP contribution is -2.31. The zero-order valence-corrected chi connectivity index (χ0v) is 6.27. The van der Waals surface area contributed by atoms with Crippen molar-refractivity contribution in [2.24, 2.45) is 0 Å². The van der Waals surface area contributed by atoms with Crippen LogP contribution in [0.5, 0.6) is 0 Å². The number of hydrogen-bond donors (Lipinski definition) is 2. The van der Waals surface area contributed by atoms with Crippen LogP contribution in [-0.2, 0) is 0 Å². The molecular weight excluding hydrogens is 125 g/mol. The SMILES string of the molecule is [B]N1CCNCCNCC1. The molecule has 3 nitrogen and oxygen atoms in total. The molecule has 1 saturated heterocycles. The lowest BCUT2D eigenvalue weighted by molar-refractivity contribution is 0.455. The molecule has 1 aliphatic heterocycles. The smallest absolute Gasteiger partial charge is 0.182 e. The summed E-state index contributed by atoms with van der Waals surface area (Å²) in [5.74, 6) is 0. The molecule has 0 aliphatic carbocycles. The van der Waals surface area contributed by atoms with Crippen molar-refractivity contribution in [1.82, 2.24) is 15.4 Å². The van der Waals surface area contributed by atoms with E-state index < -0.39 is 0 Å².